The summed E-state index contributed by atoms with van der Waals surface area (Å²) in [5, 5.41) is 12.2. The topological polar surface area (TPSA) is 49.3 Å². The van der Waals surface area contributed by atoms with Gasteiger partial charge in [-0.1, -0.05) is 0 Å². The van der Waals surface area contributed by atoms with Crippen LogP contribution in [0.4, 0.5) is 5.69 Å². The smallest absolute Gasteiger partial charge is 0.336 e. The van der Waals surface area contributed by atoms with E-state index in [9.17, 15) is 4.79 Å². The fourth-order valence-corrected chi connectivity index (χ4v) is 1.62. The minimum Gasteiger partial charge on any atom is -0.478 e. The maximum atomic E-state index is 10.9. The van der Waals surface area contributed by atoms with Crippen molar-refractivity contribution in [3.63, 3.8) is 0 Å². The Balaban J connectivity index is 3.03. The second-order valence-corrected chi connectivity index (χ2v) is 5.23. The maximum absolute atomic E-state index is 10.9. The zero-order chi connectivity index (χ0) is 11.6. The summed E-state index contributed by atoms with van der Waals surface area (Å²) in [6.45, 7) is 6.07. The maximum Gasteiger partial charge on any atom is 0.336 e. The van der Waals surface area contributed by atoms with Crippen LogP contribution in [0.5, 0.6) is 0 Å². The molecule has 2 N–H and O–H groups in total. The summed E-state index contributed by atoms with van der Waals surface area (Å²) in [6, 6.07) is 5.21. The van der Waals surface area contributed by atoms with Crippen molar-refractivity contribution in [3.05, 3.63) is 28.2 Å². The number of hydrogen-bond donors (Lipinski definition) is 2. The summed E-state index contributed by atoms with van der Waals surface area (Å²) in [5.41, 5.74) is 0.996. The van der Waals surface area contributed by atoms with Crippen LogP contribution in [-0.2, 0) is 0 Å². The van der Waals surface area contributed by atoms with Crippen LogP contribution in [0.25, 0.3) is 0 Å². The van der Waals surface area contributed by atoms with E-state index in [1.54, 1.807) is 12.1 Å². The molecule has 3 nitrogen and oxygen atoms in total. The van der Waals surface area contributed by atoms with Crippen molar-refractivity contribution in [1.82, 2.24) is 0 Å². The number of aromatic carboxylic acids is 1. The average Bonchev–Trinajstić information content (AvgIpc) is 2.05. The van der Waals surface area contributed by atoms with E-state index in [1.165, 1.54) is 0 Å². The Labute approximate surface area is 97.6 Å². The molecule has 0 aliphatic heterocycles. The zero-order valence-corrected chi connectivity index (χ0v) is 10.6. The number of nitrogens with one attached hydrogen (secondary N) is 1. The first-order valence-corrected chi connectivity index (χ1v) is 5.40. The third-order valence-corrected chi connectivity index (χ3v) is 2.41. The van der Waals surface area contributed by atoms with Gasteiger partial charge in [-0.2, -0.15) is 0 Å². The molecule has 0 saturated carbocycles. The molecule has 0 aliphatic rings. The quantitative estimate of drug-likeness (QED) is 0.867. The Morgan fingerprint density at radius 3 is 2.47 bits per heavy atom. The molecular formula is C11H14BrNO2. The minimum atomic E-state index is -0.931. The average molecular weight is 272 g/mol. The molecule has 82 valence electrons. The Hall–Kier alpha value is -1.03. The Bertz CT molecular complexity index is 383. The van der Waals surface area contributed by atoms with Crippen molar-refractivity contribution < 1.29 is 9.90 Å². The van der Waals surface area contributed by atoms with Gasteiger partial charge in [-0.15, -0.1) is 0 Å². The third kappa shape index (κ3) is 3.55. The first-order valence-electron chi connectivity index (χ1n) is 4.60. The van der Waals surface area contributed by atoms with Gasteiger partial charge in [0, 0.05) is 15.7 Å². The van der Waals surface area contributed by atoms with Crippen LogP contribution in [0, 0.1) is 0 Å². The van der Waals surface area contributed by atoms with Crippen molar-refractivity contribution in [2.45, 2.75) is 26.3 Å². The summed E-state index contributed by atoms with van der Waals surface area (Å²) in [6.07, 6.45) is 0. The fourth-order valence-electron chi connectivity index (χ4n) is 1.20. The van der Waals surface area contributed by atoms with Gasteiger partial charge in [0.2, 0.25) is 0 Å². The van der Waals surface area contributed by atoms with Gasteiger partial charge in [0.05, 0.1) is 5.56 Å². The minimum absolute atomic E-state index is 0.0798. The van der Waals surface area contributed by atoms with E-state index < -0.39 is 5.97 Å². The first-order chi connectivity index (χ1) is 6.79. The number of halogens is 1. The van der Waals surface area contributed by atoms with Gasteiger partial charge in [0.25, 0.3) is 0 Å². The van der Waals surface area contributed by atoms with Crippen LogP contribution in [-0.4, -0.2) is 16.6 Å². The van der Waals surface area contributed by atoms with E-state index in [1.807, 2.05) is 26.8 Å². The Morgan fingerprint density at radius 1 is 1.40 bits per heavy atom. The third-order valence-electron chi connectivity index (χ3n) is 1.72. The normalized spacial score (nSPS) is 11.2. The molecule has 0 heterocycles. The molecule has 0 spiro atoms. The molecule has 15 heavy (non-hydrogen) atoms. The molecule has 0 amide bonds. The van der Waals surface area contributed by atoms with Gasteiger partial charge >= 0.3 is 5.97 Å². The van der Waals surface area contributed by atoms with Gasteiger partial charge in [-0.25, -0.2) is 4.79 Å². The van der Waals surface area contributed by atoms with E-state index in [-0.39, 0.29) is 11.1 Å². The molecule has 4 heteroatoms. The molecular weight excluding hydrogens is 258 g/mol. The summed E-state index contributed by atoms with van der Waals surface area (Å²) in [5.74, 6) is -0.931. The number of carboxylic acid groups (broad SMARTS) is 1. The van der Waals surface area contributed by atoms with Crippen LogP contribution in [0.3, 0.4) is 0 Å². The SMILES string of the molecule is CC(C)(C)Nc1ccc(Br)c(C(=O)O)c1. The van der Waals surface area contributed by atoms with Crippen molar-refractivity contribution in [1.29, 1.82) is 0 Å². The summed E-state index contributed by atoms with van der Waals surface area (Å²) < 4.78 is 0.592. The summed E-state index contributed by atoms with van der Waals surface area (Å²) >= 11 is 3.20. The predicted molar refractivity (Wildman–Crippen MR) is 64.5 cm³/mol. The van der Waals surface area contributed by atoms with E-state index >= 15 is 0 Å². The lowest BCUT2D eigenvalue weighted by Crippen LogP contribution is -2.26. The van der Waals surface area contributed by atoms with Crippen LogP contribution in [0.15, 0.2) is 22.7 Å². The standard InChI is InChI=1S/C11H14BrNO2/c1-11(2,3)13-7-4-5-9(12)8(6-7)10(14)15/h4-6,13H,1-3H3,(H,14,15). The van der Waals surface area contributed by atoms with E-state index in [0.29, 0.717) is 4.47 Å². The highest BCUT2D eigenvalue weighted by Crippen LogP contribution is 2.23. The van der Waals surface area contributed by atoms with Crippen LogP contribution in [0.1, 0.15) is 31.1 Å². The van der Waals surface area contributed by atoms with Crippen LogP contribution >= 0.6 is 15.9 Å². The summed E-state index contributed by atoms with van der Waals surface area (Å²) in [7, 11) is 0. The first kappa shape index (κ1) is 12.0. The van der Waals surface area contributed by atoms with Crippen LogP contribution in [0.2, 0.25) is 0 Å². The van der Waals surface area contributed by atoms with Crippen molar-refractivity contribution in [2.75, 3.05) is 5.32 Å². The molecule has 0 saturated heterocycles. The lowest BCUT2D eigenvalue weighted by Gasteiger charge is -2.22. The highest BCUT2D eigenvalue weighted by molar-refractivity contribution is 9.10. The Kier molecular flexibility index (Phi) is 3.39. The number of anilines is 1. The second-order valence-electron chi connectivity index (χ2n) is 4.37. The van der Waals surface area contributed by atoms with Gasteiger partial charge in [0.15, 0.2) is 0 Å². The molecule has 0 unspecified atom stereocenters. The highest BCUT2D eigenvalue weighted by atomic mass is 79.9. The molecule has 0 fully saturated rings. The van der Waals surface area contributed by atoms with E-state index in [4.69, 9.17) is 5.11 Å². The number of carboxylic acids is 1. The van der Waals surface area contributed by atoms with Gasteiger partial charge in [0.1, 0.15) is 0 Å². The molecule has 1 rings (SSSR count). The summed E-state index contributed by atoms with van der Waals surface area (Å²) in [4.78, 5) is 10.9. The van der Waals surface area contributed by atoms with Gasteiger partial charge in [-0.05, 0) is 54.9 Å². The molecule has 0 aliphatic carbocycles. The molecule has 0 aromatic heterocycles. The largest absolute Gasteiger partial charge is 0.478 e. The monoisotopic (exact) mass is 271 g/mol. The Morgan fingerprint density at radius 2 is 2.00 bits per heavy atom. The number of carbonyl (C=O) groups is 1. The highest BCUT2D eigenvalue weighted by Gasteiger charge is 2.13. The van der Waals surface area contributed by atoms with Gasteiger partial charge < -0.3 is 10.4 Å². The zero-order valence-electron chi connectivity index (χ0n) is 8.97. The predicted octanol–water partition coefficient (Wildman–Crippen LogP) is 3.36. The van der Waals surface area contributed by atoms with Crippen LogP contribution < -0.4 is 5.32 Å². The molecule has 1 aromatic carbocycles. The lowest BCUT2D eigenvalue weighted by atomic mass is 10.1. The number of benzene rings is 1. The second kappa shape index (κ2) is 4.23. The molecule has 0 atom stereocenters. The van der Waals surface area contributed by atoms with Crippen molar-refractivity contribution >= 4 is 27.6 Å². The van der Waals surface area contributed by atoms with E-state index in [0.717, 1.165) is 5.69 Å². The number of hydrogen-bond acceptors (Lipinski definition) is 2. The van der Waals surface area contributed by atoms with Gasteiger partial charge in [-0.3, -0.25) is 0 Å². The van der Waals surface area contributed by atoms with Crippen molar-refractivity contribution in [2.24, 2.45) is 0 Å². The fraction of sp³-hybridized carbons (Fsp3) is 0.364. The molecule has 0 radical (unpaired) electrons. The van der Waals surface area contributed by atoms with Crippen molar-refractivity contribution in [3.8, 4) is 0 Å². The molecule has 1 aromatic rings. The number of rotatable bonds is 2. The lowest BCUT2D eigenvalue weighted by molar-refractivity contribution is 0.0696. The molecule has 0 bridgehead atoms. The van der Waals surface area contributed by atoms with E-state index in [2.05, 4.69) is 21.2 Å².